The molecule has 0 fully saturated rings. The molecule has 3 heterocycles. The highest BCUT2D eigenvalue weighted by atomic mass is 32.1. The Morgan fingerprint density at radius 1 is 1.35 bits per heavy atom. The molecule has 0 aromatic carbocycles. The van der Waals surface area contributed by atoms with Crippen molar-refractivity contribution in [1.82, 2.24) is 20.5 Å². The molecule has 7 heteroatoms. The molecule has 2 aromatic heterocycles. The molecule has 0 saturated heterocycles. The molecule has 5 nitrogen and oxygen atoms in total. The third kappa shape index (κ3) is 5.53. The number of fused-ring (bicyclic) bond motifs is 1. The molecule has 0 amide bonds. The molecule has 0 radical (unpaired) electrons. The van der Waals surface area contributed by atoms with Crippen molar-refractivity contribution in [2.75, 3.05) is 32.7 Å². The number of nitrogens with zero attached hydrogens (tertiary/aromatic N) is 3. The third-order valence-electron chi connectivity index (χ3n) is 4.50. The first-order valence-corrected chi connectivity index (χ1v) is 11.2. The average molecular weight is 392 g/mol. The maximum Gasteiger partial charge on any atom is 0.191 e. The van der Waals surface area contributed by atoms with Gasteiger partial charge in [0.1, 0.15) is 0 Å². The number of thiophene rings is 1. The van der Waals surface area contributed by atoms with Gasteiger partial charge in [0.15, 0.2) is 5.96 Å². The Balaban J connectivity index is 1.42. The van der Waals surface area contributed by atoms with Gasteiger partial charge in [-0.1, -0.05) is 6.92 Å². The second-order valence-electron chi connectivity index (χ2n) is 6.41. The van der Waals surface area contributed by atoms with Crippen molar-refractivity contribution >= 4 is 28.6 Å². The molecule has 3 rings (SSSR count). The third-order valence-corrected chi connectivity index (χ3v) is 6.72. The molecule has 142 valence electrons. The van der Waals surface area contributed by atoms with Crippen molar-refractivity contribution in [3.05, 3.63) is 38.0 Å². The highest BCUT2D eigenvalue weighted by molar-refractivity contribution is 7.11. The van der Waals surface area contributed by atoms with Crippen LogP contribution >= 0.6 is 22.7 Å². The van der Waals surface area contributed by atoms with Crippen molar-refractivity contribution in [2.45, 2.75) is 39.7 Å². The summed E-state index contributed by atoms with van der Waals surface area (Å²) in [4.78, 5) is 14.6. The second kappa shape index (κ2) is 10.0. The van der Waals surface area contributed by atoms with Crippen LogP contribution in [-0.4, -0.2) is 48.6 Å². The zero-order chi connectivity index (χ0) is 18.2. The summed E-state index contributed by atoms with van der Waals surface area (Å²) in [6, 6.07) is 2.27. The smallest absolute Gasteiger partial charge is 0.191 e. The van der Waals surface area contributed by atoms with E-state index in [9.17, 15) is 0 Å². The Morgan fingerprint density at radius 2 is 2.27 bits per heavy atom. The summed E-state index contributed by atoms with van der Waals surface area (Å²) in [5, 5.41) is 10.2. The number of aromatic nitrogens is 1. The van der Waals surface area contributed by atoms with Crippen LogP contribution in [0.1, 0.15) is 34.2 Å². The van der Waals surface area contributed by atoms with E-state index in [0.717, 1.165) is 58.1 Å². The van der Waals surface area contributed by atoms with Crippen molar-refractivity contribution in [3.8, 4) is 0 Å². The van der Waals surface area contributed by atoms with Crippen LogP contribution in [0.15, 0.2) is 22.6 Å². The van der Waals surface area contributed by atoms with Crippen LogP contribution in [0.3, 0.4) is 0 Å². The predicted octanol–water partition coefficient (Wildman–Crippen LogP) is 2.92. The molecule has 1 aliphatic rings. The molecular weight excluding hydrogens is 362 g/mol. The lowest BCUT2D eigenvalue weighted by Crippen LogP contribution is -2.39. The van der Waals surface area contributed by atoms with Crippen molar-refractivity contribution in [2.24, 2.45) is 4.99 Å². The van der Waals surface area contributed by atoms with Gasteiger partial charge in [-0.3, -0.25) is 9.89 Å². The van der Waals surface area contributed by atoms with Gasteiger partial charge in [0, 0.05) is 55.1 Å². The van der Waals surface area contributed by atoms with E-state index in [1.807, 2.05) is 28.9 Å². The average Bonchev–Trinajstić information content (AvgIpc) is 3.30. The van der Waals surface area contributed by atoms with Crippen LogP contribution in [0, 0.1) is 0 Å². The van der Waals surface area contributed by atoms with Crippen molar-refractivity contribution in [3.63, 3.8) is 0 Å². The maximum absolute atomic E-state index is 4.74. The van der Waals surface area contributed by atoms with E-state index in [0.29, 0.717) is 0 Å². The van der Waals surface area contributed by atoms with Crippen LogP contribution in [0.4, 0.5) is 0 Å². The molecule has 26 heavy (non-hydrogen) atoms. The fraction of sp³-hybridized carbons (Fsp3) is 0.579. The SMILES string of the molecule is CCNC(=NCCN1CCc2sccc2C1)NCCc1ncc(CC)s1. The van der Waals surface area contributed by atoms with Crippen LogP contribution in [0.25, 0.3) is 0 Å². The normalized spacial score (nSPS) is 15.1. The van der Waals surface area contributed by atoms with Crippen LogP contribution in [0.5, 0.6) is 0 Å². The second-order valence-corrected chi connectivity index (χ2v) is 8.61. The monoisotopic (exact) mass is 391 g/mol. The van der Waals surface area contributed by atoms with E-state index in [1.54, 1.807) is 4.88 Å². The van der Waals surface area contributed by atoms with E-state index in [2.05, 4.69) is 45.8 Å². The number of rotatable bonds is 8. The van der Waals surface area contributed by atoms with Gasteiger partial charge in [-0.15, -0.1) is 22.7 Å². The van der Waals surface area contributed by atoms with E-state index >= 15 is 0 Å². The Hall–Kier alpha value is -1.44. The maximum atomic E-state index is 4.74. The van der Waals surface area contributed by atoms with Crippen molar-refractivity contribution in [1.29, 1.82) is 0 Å². The molecule has 0 aliphatic carbocycles. The molecule has 0 unspecified atom stereocenters. The van der Waals surface area contributed by atoms with Crippen LogP contribution in [-0.2, 0) is 25.8 Å². The van der Waals surface area contributed by atoms with Gasteiger partial charge in [-0.25, -0.2) is 4.98 Å². The lowest BCUT2D eigenvalue weighted by molar-refractivity contribution is 0.263. The summed E-state index contributed by atoms with van der Waals surface area (Å²) < 4.78 is 0. The zero-order valence-electron chi connectivity index (χ0n) is 15.8. The van der Waals surface area contributed by atoms with Gasteiger partial charge in [0.25, 0.3) is 0 Å². The zero-order valence-corrected chi connectivity index (χ0v) is 17.4. The fourth-order valence-corrected chi connectivity index (χ4v) is 4.81. The quantitative estimate of drug-likeness (QED) is 0.537. The van der Waals surface area contributed by atoms with E-state index < -0.39 is 0 Å². The number of thiazole rings is 1. The summed E-state index contributed by atoms with van der Waals surface area (Å²) in [6.45, 7) is 10.1. The Labute approximate surface area is 164 Å². The fourth-order valence-electron chi connectivity index (χ4n) is 3.06. The number of hydrogen-bond acceptors (Lipinski definition) is 5. The molecule has 2 N–H and O–H groups in total. The number of nitrogens with one attached hydrogen (secondary N) is 2. The van der Waals surface area contributed by atoms with Crippen LogP contribution in [0.2, 0.25) is 0 Å². The first-order chi connectivity index (χ1) is 12.8. The summed E-state index contributed by atoms with van der Waals surface area (Å²) in [7, 11) is 0. The minimum atomic E-state index is 0.825. The topological polar surface area (TPSA) is 52.6 Å². The standard InChI is InChI=1S/C19H29N5S2/c1-3-16-13-23-18(26-16)5-8-21-19(20-4-2)22-9-11-24-10-6-17-15(14-24)7-12-25-17/h7,12-13H,3-6,8-11,14H2,1-2H3,(H2,20,21,22). The first kappa shape index (κ1) is 19.3. The van der Waals surface area contributed by atoms with E-state index in [1.165, 1.54) is 21.9 Å². The molecule has 2 aromatic rings. The lowest BCUT2D eigenvalue weighted by Gasteiger charge is -2.26. The van der Waals surface area contributed by atoms with Crippen LogP contribution < -0.4 is 10.6 Å². The van der Waals surface area contributed by atoms with Gasteiger partial charge in [-0.05, 0) is 36.8 Å². The number of guanidine groups is 1. The highest BCUT2D eigenvalue weighted by Gasteiger charge is 2.16. The Kier molecular flexibility index (Phi) is 7.46. The van der Waals surface area contributed by atoms with Gasteiger partial charge in [-0.2, -0.15) is 0 Å². The Morgan fingerprint density at radius 3 is 3.08 bits per heavy atom. The number of aryl methyl sites for hydroxylation is 1. The van der Waals surface area contributed by atoms with Gasteiger partial charge in [0.2, 0.25) is 0 Å². The van der Waals surface area contributed by atoms with E-state index in [4.69, 9.17) is 4.99 Å². The summed E-state index contributed by atoms with van der Waals surface area (Å²) in [5.74, 6) is 0.910. The summed E-state index contributed by atoms with van der Waals surface area (Å²) in [6.07, 6.45) is 5.19. The minimum Gasteiger partial charge on any atom is -0.357 e. The molecule has 0 spiro atoms. The van der Waals surface area contributed by atoms with E-state index in [-0.39, 0.29) is 0 Å². The minimum absolute atomic E-state index is 0.825. The molecule has 1 aliphatic heterocycles. The molecular formula is C19H29N5S2. The highest BCUT2D eigenvalue weighted by Crippen LogP contribution is 2.23. The number of aliphatic imine (C=N–C) groups is 1. The molecule has 0 bridgehead atoms. The summed E-state index contributed by atoms with van der Waals surface area (Å²) >= 11 is 3.71. The molecule has 0 saturated carbocycles. The van der Waals surface area contributed by atoms with Gasteiger partial charge < -0.3 is 10.6 Å². The lowest BCUT2D eigenvalue weighted by atomic mass is 10.1. The predicted molar refractivity (Wildman–Crippen MR) is 112 cm³/mol. The summed E-state index contributed by atoms with van der Waals surface area (Å²) in [5.41, 5.74) is 1.50. The van der Waals surface area contributed by atoms with Gasteiger partial charge in [0.05, 0.1) is 11.6 Å². The van der Waals surface area contributed by atoms with Gasteiger partial charge >= 0.3 is 0 Å². The molecule has 0 atom stereocenters. The largest absolute Gasteiger partial charge is 0.357 e. The Bertz CT molecular complexity index is 706. The number of hydrogen-bond donors (Lipinski definition) is 2. The van der Waals surface area contributed by atoms with Crippen molar-refractivity contribution < 1.29 is 0 Å². The first-order valence-electron chi connectivity index (χ1n) is 9.51.